The summed E-state index contributed by atoms with van der Waals surface area (Å²) in [6.07, 6.45) is 3.94. The Morgan fingerprint density at radius 2 is 2.12 bits per heavy atom. The van der Waals surface area contributed by atoms with E-state index < -0.39 is 0 Å². The van der Waals surface area contributed by atoms with Crippen molar-refractivity contribution in [2.45, 2.75) is 52.1 Å². The van der Waals surface area contributed by atoms with Crippen LogP contribution in [0.5, 0.6) is 0 Å². The van der Waals surface area contributed by atoms with Crippen LogP contribution in [0.1, 0.15) is 40.0 Å². The Bertz CT molecular complexity index is 279. The zero-order valence-corrected chi connectivity index (χ0v) is 11.6. The van der Waals surface area contributed by atoms with E-state index in [1.54, 1.807) is 7.11 Å². The summed E-state index contributed by atoms with van der Waals surface area (Å²) < 4.78 is 5.15. The van der Waals surface area contributed by atoms with Gasteiger partial charge in [-0.2, -0.15) is 0 Å². The molecule has 4 atom stereocenters. The fourth-order valence-corrected chi connectivity index (χ4v) is 4.09. The van der Waals surface area contributed by atoms with Gasteiger partial charge in [0, 0.05) is 13.2 Å². The maximum absolute atomic E-state index is 9.36. The highest BCUT2D eigenvalue weighted by molar-refractivity contribution is 5.13. The molecule has 4 unspecified atom stereocenters. The van der Waals surface area contributed by atoms with Gasteiger partial charge in [0.1, 0.15) is 0 Å². The van der Waals surface area contributed by atoms with Gasteiger partial charge in [0.2, 0.25) is 0 Å². The third-order valence-electron chi connectivity index (χ3n) is 5.82. The lowest BCUT2D eigenvalue weighted by atomic mass is 9.69. The van der Waals surface area contributed by atoms with Gasteiger partial charge in [-0.1, -0.05) is 20.8 Å². The van der Waals surface area contributed by atoms with Crippen LogP contribution >= 0.6 is 0 Å². The van der Waals surface area contributed by atoms with E-state index in [2.05, 4.69) is 26.1 Å². The highest BCUT2D eigenvalue weighted by Gasteiger charge is 2.61. The Morgan fingerprint density at radius 3 is 2.53 bits per heavy atom. The number of aliphatic hydroxyl groups is 1. The molecule has 2 rings (SSSR count). The monoisotopic (exact) mass is 241 g/mol. The van der Waals surface area contributed by atoms with Crippen molar-refractivity contribution < 1.29 is 9.84 Å². The zero-order valence-electron chi connectivity index (χ0n) is 11.6. The molecule has 0 aromatic carbocycles. The lowest BCUT2D eigenvalue weighted by Gasteiger charge is -2.41. The van der Waals surface area contributed by atoms with Crippen LogP contribution in [0.15, 0.2) is 0 Å². The Kier molecular flexibility index (Phi) is 3.54. The molecule has 100 valence electrons. The minimum Gasteiger partial charge on any atom is -0.395 e. The minimum atomic E-state index is 0.0805. The average molecular weight is 241 g/mol. The Hall–Kier alpha value is -0.120. The van der Waals surface area contributed by atoms with Gasteiger partial charge in [0.25, 0.3) is 0 Å². The largest absolute Gasteiger partial charge is 0.395 e. The van der Waals surface area contributed by atoms with E-state index in [-0.39, 0.29) is 12.6 Å². The topological polar surface area (TPSA) is 41.5 Å². The first-order valence-corrected chi connectivity index (χ1v) is 6.81. The van der Waals surface area contributed by atoms with Crippen molar-refractivity contribution in [1.29, 1.82) is 0 Å². The highest BCUT2D eigenvalue weighted by Crippen LogP contribution is 2.65. The molecule has 17 heavy (non-hydrogen) atoms. The molecule has 2 N–H and O–H groups in total. The standard InChI is InChI=1S/C14H27NO2/c1-13(2)10-5-6-14(13,3)12(7-10)15-11(8-16)9-17-4/h10-12,15-16H,5-9H2,1-4H3. The van der Waals surface area contributed by atoms with Crippen LogP contribution in [0.4, 0.5) is 0 Å². The summed E-state index contributed by atoms with van der Waals surface area (Å²) in [4.78, 5) is 0. The summed E-state index contributed by atoms with van der Waals surface area (Å²) in [5.74, 6) is 0.840. The third kappa shape index (κ3) is 1.92. The normalized spacial score (nSPS) is 40.8. The van der Waals surface area contributed by atoms with E-state index in [0.717, 1.165) is 5.92 Å². The SMILES string of the molecule is COCC(CO)NC1CC2CCC1(C)C2(C)C. The van der Waals surface area contributed by atoms with Crippen LogP contribution in [0.3, 0.4) is 0 Å². The number of ether oxygens (including phenoxy) is 1. The molecule has 0 amide bonds. The minimum absolute atomic E-state index is 0.0805. The first-order chi connectivity index (χ1) is 7.95. The molecule has 0 aromatic heterocycles. The molecule has 3 heteroatoms. The average Bonchev–Trinajstić information content (AvgIpc) is 2.61. The summed E-state index contributed by atoms with van der Waals surface area (Å²) in [6, 6.07) is 0.612. The molecule has 3 nitrogen and oxygen atoms in total. The van der Waals surface area contributed by atoms with Crippen LogP contribution in [-0.4, -0.2) is 37.5 Å². The van der Waals surface area contributed by atoms with Gasteiger partial charge >= 0.3 is 0 Å². The molecule has 0 saturated heterocycles. The summed E-state index contributed by atoms with van der Waals surface area (Å²) in [5.41, 5.74) is 0.802. The number of hydrogen-bond acceptors (Lipinski definition) is 3. The number of nitrogens with one attached hydrogen (secondary N) is 1. The summed E-state index contributed by atoms with van der Waals surface area (Å²) in [5, 5.41) is 13.0. The van der Waals surface area contributed by atoms with E-state index in [4.69, 9.17) is 4.74 Å². The van der Waals surface area contributed by atoms with Gasteiger partial charge in [-0.3, -0.25) is 0 Å². The van der Waals surface area contributed by atoms with Crippen molar-refractivity contribution in [1.82, 2.24) is 5.32 Å². The lowest BCUT2D eigenvalue weighted by molar-refractivity contribution is 0.0803. The van der Waals surface area contributed by atoms with Crippen LogP contribution < -0.4 is 5.32 Å². The molecule has 0 heterocycles. The first-order valence-electron chi connectivity index (χ1n) is 6.81. The predicted octanol–water partition coefficient (Wildman–Crippen LogP) is 1.80. The van der Waals surface area contributed by atoms with E-state index >= 15 is 0 Å². The molecular formula is C14H27NO2. The fraction of sp³-hybridized carbons (Fsp3) is 1.00. The number of aliphatic hydroxyl groups excluding tert-OH is 1. The Labute approximate surface area is 105 Å². The molecule has 2 saturated carbocycles. The molecule has 0 aliphatic heterocycles. The number of rotatable bonds is 5. The zero-order chi connectivity index (χ0) is 12.7. The molecule has 0 radical (unpaired) electrons. The van der Waals surface area contributed by atoms with Crippen molar-refractivity contribution in [2.75, 3.05) is 20.3 Å². The van der Waals surface area contributed by atoms with Crippen LogP contribution in [0.2, 0.25) is 0 Å². The predicted molar refractivity (Wildman–Crippen MR) is 68.9 cm³/mol. The van der Waals surface area contributed by atoms with Gasteiger partial charge in [-0.15, -0.1) is 0 Å². The van der Waals surface area contributed by atoms with Crippen LogP contribution in [-0.2, 0) is 4.74 Å². The van der Waals surface area contributed by atoms with Crippen LogP contribution in [0.25, 0.3) is 0 Å². The van der Waals surface area contributed by atoms with Crippen molar-refractivity contribution in [3.63, 3.8) is 0 Å². The van der Waals surface area contributed by atoms with Crippen molar-refractivity contribution in [2.24, 2.45) is 16.7 Å². The first kappa shape index (κ1) is 13.3. The Morgan fingerprint density at radius 1 is 1.41 bits per heavy atom. The van der Waals surface area contributed by atoms with E-state index in [9.17, 15) is 5.11 Å². The molecule has 0 spiro atoms. The quantitative estimate of drug-likeness (QED) is 0.771. The van der Waals surface area contributed by atoms with Crippen molar-refractivity contribution in [3.8, 4) is 0 Å². The smallest absolute Gasteiger partial charge is 0.0638 e. The number of methoxy groups -OCH3 is 1. The second kappa shape index (κ2) is 4.52. The van der Waals surface area contributed by atoms with E-state index in [1.165, 1.54) is 19.3 Å². The number of hydrogen-bond donors (Lipinski definition) is 2. The van der Waals surface area contributed by atoms with E-state index in [0.29, 0.717) is 23.5 Å². The van der Waals surface area contributed by atoms with Gasteiger partial charge in [0.15, 0.2) is 0 Å². The second-order valence-corrected chi connectivity index (χ2v) is 6.66. The summed E-state index contributed by atoms with van der Waals surface area (Å²) in [6.45, 7) is 7.99. The summed E-state index contributed by atoms with van der Waals surface area (Å²) in [7, 11) is 1.69. The fourth-order valence-electron chi connectivity index (χ4n) is 4.09. The van der Waals surface area contributed by atoms with E-state index in [1.807, 2.05) is 0 Å². The van der Waals surface area contributed by atoms with Gasteiger partial charge in [0.05, 0.1) is 19.3 Å². The van der Waals surface area contributed by atoms with Crippen molar-refractivity contribution in [3.05, 3.63) is 0 Å². The maximum Gasteiger partial charge on any atom is 0.0638 e. The lowest BCUT2D eigenvalue weighted by Crippen LogP contribution is -2.51. The highest BCUT2D eigenvalue weighted by atomic mass is 16.5. The van der Waals surface area contributed by atoms with Gasteiger partial charge in [-0.05, 0) is 36.0 Å². The molecule has 2 bridgehead atoms. The molecule has 0 aromatic rings. The van der Waals surface area contributed by atoms with Crippen molar-refractivity contribution >= 4 is 0 Å². The Balaban J connectivity index is 2.05. The second-order valence-electron chi connectivity index (χ2n) is 6.66. The maximum atomic E-state index is 9.36. The van der Waals surface area contributed by atoms with Crippen LogP contribution in [0, 0.1) is 16.7 Å². The van der Waals surface area contributed by atoms with Gasteiger partial charge < -0.3 is 15.2 Å². The molecule has 2 aliphatic rings. The molecule has 2 fully saturated rings. The van der Waals surface area contributed by atoms with Gasteiger partial charge in [-0.25, -0.2) is 0 Å². The molecule has 2 aliphatic carbocycles. The summed E-state index contributed by atoms with van der Waals surface area (Å²) >= 11 is 0. The molecular weight excluding hydrogens is 214 g/mol. The third-order valence-corrected chi connectivity index (χ3v) is 5.82. The number of fused-ring (bicyclic) bond motifs is 2.